The molecular formula is C8H9NO4S. The van der Waals surface area contributed by atoms with Crippen molar-refractivity contribution in [3.63, 3.8) is 0 Å². The Morgan fingerprint density at radius 2 is 2.00 bits per heavy atom. The summed E-state index contributed by atoms with van der Waals surface area (Å²) in [4.78, 5) is 10.4. The minimum atomic E-state index is -3.56. The van der Waals surface area contributed by atoms with Gasteiger partial charge in [0.05, 0.1) is 10.5 Å². The summed E-state index contributed by atoms with van der Waals surface area (Å²) in [5, 5.41) is 8.71. The van der Waals surface area contributed by atoms with Crippen molar-refractivity contribution in [1.29, 1.82) is 0 Å². The molecule has 0 aliphatic heterocycles. The zero-order valence-electron chi connectivity index (χ0n) is 7.39. The number of sulfone groups is 1. The third-order valence-electron chi connectivity index (χ3n) is 1.64. The van der Waals surface area contributed by atoms with E-state index in [4.69, 9.17) is 10.8 Å². The predicted octanol–water partition coefficient (Wildman–Crippen LogP) is 0.371. The average molecular weight is 215 g/mol. The molecule has 1 aromatic rings. The first kappa shape index (κ1) is 10.5. The molecule has 5 nitrogen and oxygen atoms in total. The SMILES string of the molecule is CS(=O)(=O)c1cc(N)ccc1C(=O)O. The number of benzene rings is 1. The fraction of sp³-hybridized carbons (Fsp3) is 0.125. The molecule has 0 heterocycles. The molecule has 6 heteroatoms. The lowest BCUT2D eigenvalue weighted by molar-refractivity contribution is 0.0692. The number of anilines is 1. The van der Waals surface area contributed by atoms with Crippen LogP contribution in [0.1, 0.15) is 10.4 Å². The summed E-state index contributed by atoms with van der Waals surface area (Å²) < 4.78 is 22.4. The van der Waals surface area contributed by atoms with Crippen molar-refractivity contribution in [2.45, 2.75) is 4.90 Å². The predicted molar refractivity (Wildman–Crippen MR) is 50.9 cm³/mol. The molecule has 3 N–H and O–H groups in total. The molecule has 0 aliphatic carbocycles. The fourth-order valence-corrected chi connectivity index (χ4v) is 1.93. The smallest absolute Gasteiger partial charge is 0.337 e. The Morgan fingerprint density at radius 1 is 1.43 bits per heavy atom. The zero-order valence-corrected chi connectivity index (χ0v) is 8.21. The molecule has 0 aromatic heterocycles. The van der Waals surface area contributed by atoms with Crippen LogP contribution in [0.3, 0.4) is 0 Å². The van der Waals surface area contributed by atoms with E-state index in [1.807, 2.05) is 0 Å². The molecule has 14 heavy (non-hydrogen) atoms. The highest BCUT2D eigenvalue weighted by molar-refractivity contribution is 7.90. The topological polar surface area (TPSA) is 97.5 Å². The molecule has 0 radical (unpaired) electrons. The fourth-order valence-electron chi connectivity index (χ4n) is 1.02. The lowest BCUT2D eigenvalue weighted by Crippen LogP contribution is -2.08. The van der Waals surface area contributed by atoms with Gasteiger partial charge in [0.1, 0.15) is 0 Å². The van der Waals surface area contributed by atoms with Gasteiger partial charge in [-0.25, -0.2) is 13.2 Å². The maximum absolute atomic E-state index is 11.2. The summed E-state index contributed by atoms with van der Waals surface area (Å²) in [5.41, 5.74) is 5.32. The van der Waals surface area contributed by atoms with Crippen LogP contribution in [0, 0.1) is 0 Å². The third-order valence-corrected chi connectivity index (χ3v) is 2.77. The first-order valence-corrected chi connectivity index (χ1v) is 5.54. The number of nitrogens with two attached hydrogens (primary N) is 1. The lowest BCUT2D eigenvalue weighted by Gasteiger charge is -2.04. The van der Waals surface area contributed by atoms with Gasteiger partial charge in [-0.1, -0.05) is 0 Å². The summed E-state index contributed by atoms with van der Waals surface area (Å²) in [7, 11) is -3.56. The van der Waals surface area contributed by atoms with Crippen LogP contribution in [-0.2, 0) is 9.84 Å². The Morgan fingerprint density at radius 3 is 2.43 bits per heavy atom. The lowest BCUT2D eigenvalue weighted by atomic mass is 10.2. The Balaban J connectivity index is 3.54. The Hall–Kier alpha value is -1.56. The summed E-state index contributed by atoms with van der Waals surface area (Å²) in [6.45, 7) is 0. The van der Waals surface area contributed by atoms with Gasteiger partial charge in [0.25, 0.3) is 0 Å². The molecular weight excluding hydrogens is 206 g/mol. The van der Waals surface area contributed by atoms with Crippen LogP contribution >= 0.6 is 0 Å². The Labute approximate surface area is 81.1 Å². The van der Waals surface area contributed by atoms with E-state index in [1.165, 1.54) is 12.1 Å². The molecule has 0 fully saturated rings. The van der Waals surface area contributed by atoms with Crippen molar-refractivity contribution in [3.8, 4) is 0 Å². The highest BCUT2D eigenvalue weighted by Crippen LogP contribution is 2.18. The van der Waals surface area contributed by atoms with Gasteiger partial charge >= 0.3 is 5.97 Å². The van der Waals surface area contributed by atoms with Crippen molar-refractivity contribution in [1.82, 2.24) is 0 Å². The van der Waals surface area contributed by atoms with Crippen LogP contribution in [0.5, 0.6) is 0 Å². The maximum atomic E-state index is 11.2. The van der Waals surface area contributed by atoms with Gasteiger partial charge in [0.2, 0.25) is 0 Å². The standard InChI is InChI=1S/C8H9NO4S/c1-14(12,13)7-4-5(9)2-3-6(7)8(10)11/h2-4H,9H2,1H3,(H,10,11). The van der Waals surface area contributed by atoms with Gasteiger partial charge < -0.3 is 10.8 Å². The molecule has 0 unspecified atom stereocenters. The monoisotopic (exact) mass is 215 g/mol. The first-order chi connectivity index (χ1) is 6.32. The molecule has 0 saturated heterocycles. The van der Waals surface area contributed by atoms with Gasteiger partial charge in [-0.05, 0) is 18.2 Å². The Kier molecular flexibility index (Phi) is 2.48. The summed E-state index contributed by atoms with van der Waals surface area (Å²) >= 11 is 0. The van der Waals surface area contributed by atoms with Crippen LogP contribution in [0.2, 0.25) is 0 Å². The second-order valence-corrected chi connectivity index (χ2v) is 4.82. The van der Waals surface area contributed by atoms with Gasteiger partial charge in [0, 0.05) is 11.9 Å². The van der Waals surface area contributed by atoms with E-state index in [-0.39, 0.29) is 16.1 Å². The second kappa shape index (κ2) is 3.30. The minimum Gasteiger partial charge on any atom is -0.478 e. The van der Waals surface area contributed by atoms with Gasteiger partial charge in [0.15, 0.2) is 9.84 Å². The van der Waals surface area contributed by atoms with E-state index in [1.54, 1.807) is 0 Å². The molecule has 0 saturated carbocycles. The molecule has 0 atom stereocenters. The molecule has 1 aromatic carbocycles. The van der Waals surface area contributed by atoms with Crippen LogP contribution in [0.4, 0.5) is 5.69 Å². The first-order valence-electron chi connectivity index (χ1n) is 3.65. The zero-order chi connectivity index (χ0) is 10.9. The largest absolute Gasteiger partial charge is 0.478 e. The van der Waals surface area contributed by atoms with Gasteiger partial charge in [-0.3, -0.25) is 0 Å². The second-order valence-electron chi connectivity index (χ2n) is 2.83. The van der Waals surface area contributed by atoms with Gasteiger partial charge in [-0.2, -0.15) is 0 Å². The number of carboxylic acids is 1. The minimum absolute atomic E-state index is 0.218. The highest BCUT2D eigenvalue weighted by atomic mass is 32.2. The maximum Gasteiger partial charge on any atom is 0.337 e. The van der Waals surface area contributed by atoms with E-state index >= 15 is 0 Å². The number of aromatic carboxylic acids is 1. The van der Waals surface area contributed by atoms with Crippen molar-refractivity contribution < 1.29 is 18.3 Å². The number of hydrogen-bond acceptors (Lipinski definition) is 4. The third kappa shape index (κ3) is 2.02. The van der Waals surface area contributed by atoms with E-state index in [0.717, 1.165) is 12.3 Å². The normalized spacial score (nSPS) is 11.2. The average Bonchev–Trinajstić information content (AvgIpc) is 2.01. The van der Waals surface area contributed by atoms with Crippen molar-refractivity contribution in [2.24, 2.45) is 0 Å². The van der Waals surface area contributed by atoms with E-state index in [2.05, 4.69) is 0 Å². The molecule has 0 aliphatic rings. The number of rotatable bonds is 2. The van der Waals surface area contributed by atoms with Crippen molar-refractivity contribution in [2.75, 3.05) is 12.0 Å². The summed E-state index contributed by atoms with van der Waals surface area (Å²) in [5.74, 6) is -1.29. The van der Waals surface area contributed by atoms with Crippen LogP contribution in [-0.4, -0.2) is 25.7 Å². The van der Waals surface area contributed by atoms with Crippen molar-refractivity contribution in [3.05, 3.63) is 23.8 Å². The summed E-state index contributed by atoms with van der Waals surface area (Å²) in [6, 6.07) is 3.66. The molecule has 0 spiro atoms. The molecule has 76 valence electrons. The van der Waals surface area contributed by atoms with Crippen LogP contribution in [0.15, 0.2) is 23.1 Å². The quantitative estimate of drug-likeness (QED) is 0.694. The van der Waals surface area contributed by atoms with Crippen LogP contribution in [0.25, 0.3) is 0 Å². The summed E-state index contributed by atoms with van der Waals surface area (Å²) in [6.07, 6.45) is 0.939. The van der Waals surface area contributed by atoms with Crippen molar-refractivity contribution >= 4 is 21.5 Å². The molecule has 0 bridgehead atoms. The Bertz CT molecular complexity index is 478. The van der Waals surface area contributed by atoms with E-state index in [9.17, 15) is 13.2 Å². The highest BCUT2D eigenvalue weighted by Gasteiger charge is 2.18. The molecule has 0 amide bonds. The van der Waals surface area contributed by atoms with E-state index in [0.29, 0.717) is 0 Å². The number of carboxylic acid groups (broad SMARTS) is 1. The number of hydrogen-bond donors (Lipinski definition) is 2. The van der Waals surface area contributed by atoms with Gasteiger partial charge in [-0.15, -0.1) is 0 Å². The number of nitrogen functional groups attached to an aromatic ring is 1. The number of carbonyl (C=O) groups is 1. The van der Waals surface area contributed by atoms with Crippen LogP contribution < -0.4 is 5.73 Å². The van der Waals surface area contributed by atoms with E-state index < -0.39 is 15.8 Å². The molecule has 1 rings (SSSR count).